The zero-order valence-electron chi connectivity index (χ0n) is 6.07. The lowest BCUT2D eigenvalue weighted by atomic mass is 10.6. The molecular weight excluding hydrogens is 164 g/mol. The SMILES string of the molecule is CC[SiH]1CCC[SiH](Cl)C1. The molecule has 1 aliphatic heterocycles. The molecule has 1 fully saturated rings. The highest BCUT2D eigenvalue weighted by Gasteiger charge is 2.20. The van der Waals surface area contributed by atoms with Crippen molar-refractivity contribution in [2.45, 2.75) is 37.1 Å². The van der Waals surface area contributed by atoms with E-state index >= 15 is 0 Å². The van der Waals surface area contributed by atoms with Crippen LogP contribution >= 0.6 is 11.1 Å². The average Bonchev–Trinajstić information content (AvgIpc) is 1.88. The van der Waals surface area contributed by atoms with E-state index in [1.54, 1.807) is 6.04 Å². The molecule has 0 N–H and O–H groups in total. The molecule has 9 heavy (non-hydrogen) atoms. The predicted molar refractivity (Wildman–Crippen MR) is 49.7 cm³/mol. The third-order valence-corrected chi connectivity index (χ3v) is 12.7. The van der Waals surface area contributed by atoms with E-state index in [2.05, 4.69) is 6.92 Å². The lowest BCUT2D eigenvalue weighted by Gasteiger charge is -2.21. The molecule has 3 heteroatoms. The Bertz CT molecular complexity index is 87.1. The summed E-state index contributed by atoms with van der Waals surface area (Å²) in [6.07, 6.45) is 1.48. The Labute approximate surface area is 65.5 Å². The smallest absolute Gasteiger partial charge is 0.138 e. The highest BCUT2D eigenvalue weighted by molar-refractivity contribution is 7.11. The molecule has 0 spiro atoms. The Morgan fingerprint density at radius 1 is 1.44 bits per heavy atom. The molecule has 1 aliphatic rings. The minimum atomic E-state index is -0.636. The van der Waals surface area contributed by atoms with Gasteiger partial charge in [0, 0.05) is 8.80 Å². The largest absolute Gasteiger partial charge is 0.172 e. The maximum atomic E-state index is 6.16. The molecular formula is C6H15ClSi2. The molecule has 1 rings (SSSR count). The molecule has 0 aliphatic carbocycles. The maximum absolute atomic E-state index is 6.16. The normalized spacial score (nSPS) is 36.7. The number of hydrogen-bond acceptors (Lipinski definition) is 0. The molecule has 0 aromatic heterocycles. The van der Waals surface area contributed by atoms with Crippen LogP contribution in [0.15, 0.2) is 0 Å². The van der Waals surface area contributed by atoms with Crippen molar-refractivity contribution in [1.82, 2.24) is 0 Å². The lowest BCUT2D eigenvalue weighted by molar-refractivity contribution is 1.01. The van der Waals surface area contributed by atoms with Crippen LogP contribution in [-0.4, -0.2) is 16.9 Å². The maximum Gasteiger partial charge on any atom is 0.138 e. The van der Waals surface area contributed by atoms with Gasteiger partial charge in [0.25, 0.3) is 0 Å². The van der Waals surface area contributed by atoms with Gasteiger partial charge in [-0.1, -0.05) is 31.1 Å². The van der Waals surface area contributed by atoms with Crippen molar-refractivity contribution in [2.75, 3.05) is 0 Å². The van der Waals surface area contributed by atoms with Crippen LogP contribution in [0.4, 0.5) is 0 Å². The third-order valence-electron chi connectivity index (χ3n) is 2.30. The topological polar surface area (TPSA) is 0 Å². The van der Waals surface area contributed by atoms with Gasteiger partial charge < -0.3 is 0 Å². The van der Waals surface area contributed by atoms with Gasteiger partial charge in [0.05, 0.1) is 0 Å². The van der Waals surface area contributed by atoms with Gasteiger partial charge >= 0.3 is 0 Å². The molecule has 2 unspecified atom stereocenters. The Kier molecular flexibility index (Phi) is 3.29. The Morgan fingerprint density at radius 2 is 2.22 bits per heavy atom. The standard InChI is InChI=1S/C6H15ClSi2/c1-2-8-4-3-5-9(7)6-8/h8-9H,2-6H2,1H3. The Balaban J connectivity index is 2.23. The molecule has 0 bridgehead atoms. The fourth-order valence-electron chi connectivity index (χ4n) is 1.60. The number of halogens is 1. The molecule has 0 nitrogen and oxygen atoms in total. The van der Waals surface area contributed by atoms with Crippen LogP contribution in [0.5, 0.6) is 0 Å². The third kappa shape index (κ3) is 2.44. The monoisotopic (exact) mass is 178 g/mol. The lowest BCUT2D eigenvalue weighted by Crippen LogP contribution is -2.24. The van der Waals surface area contributed by atoms with E-state index in [9.17, 15) is 0 Å². The first-order chi connectivity index (χ1) is 4.33. The van der Waals surface area contributed by atoms with Crippen molar-refractivity contribution in [3.8, 4) is 0 Å². The van der Waals surface area contributed by atoms with Gasteiger partial charge in [-0.25, -0.2) is 0 Å². The Hall–Kier alpha value is 0.724. The van der Waals surface area contributed by atoms with Crippen LogP contribution in [0.2, 0.25) is 23.8 Å². The van der Waals surface area contributed by atoms with E-state index in [0.717, 1.165) is 0 Å². The summed E-state index contributed by atoms with van der Waals surface area (Å²) in [5.41, 5.74) is 1.54. The van der Waals surface area contributed by atoms with Crippen molar-refractivity contribution in [3.05, 3.63) is 0 Å². The second-order valence-corrected chi connectivity index (χ2v) is 11.7. The molecule has 0 saturated carbocycles. The summed E-state index contributed by atoms with van der Waals surface area (Å²) >= 11 is 6.16. The number of rotatable bonds is 1. The van der Waals surface area contributed by atoms with Gasteiger partial charge in [-0.15, -0.1) is 0 Å². The van der Waals surface area contributed by atoms with Crippen LogP contribution < -0.4 is 0 Å². The average molecular weight is 179 g/mol. The summed E-state index contributed by atoms with van der Waals surface area (Å²) < 4.78 is 0. The summed E-state index contributed by atoms with van der Waals surface area (Å²) in [6.45, 7) is 2.35. The quantitative estimate of drug-likeness (QED) is 0.427. The van der Waals surface area contributed by atoms with E-state index < -0.39 is 8.11 Å². The van der Waals surface area contributed by atoms with Crippen LogP contribution in [-0.2, 0) is 0 Å². The molecule has 0 amide bonds. The Morgan fingerprint density at radius 3 is 2.67 bits per heavy atom. The van der Waals surface area contributed by atoms with Gasteiger partial charge in [-0.2, -0.15) is 11.1 Å². The van der Waals surface area contributed by atoms with Crippen molar-refractivity contribution in [1.29, 1.82) is 0 Å². The van der Waals surface area contributed by atoms with Crippen LogP contribution in [0.3, 0.4) is 0 Å². The minimum absolute atomic E-state index is 0.233. The highest BCUT2D eigenvalue weighted by atomic mass is 35.6. The van der Waals surface area contributed by atoms with Crippen LogP contribution in [0.1, 0.15) is 13.3 Å². The van der Waals surface area contributed by atoms with Crippen molar-refractivity contribution in [3.63, 3.8) is 0 Å². The second-order valence-electron chi connectivity index (χ2n) is 3.04. The van der Waals surface area contributed by atoms with E-state index in [1.165, 1.54) is 24.2 Å². The summed E-state index contributed by atoms with van der Waals surface area (Å²) in [5, 5.41) is 0. The van der Waals surface area contributed by atoms with E-state index in [1.807, 2.05) is 0 Å². The predicted octanol–water partition coefficient (Wildman–Crippen LogP) is 2.14. The second kappa shape index (κ2) is 3.79. The first-order valence-corrected chi connectivity index (χ1v) is 9.79. The van der Waals surface area contributed by atoms with Gasteiger partial charge in [0.15, 0.2) is 0 Å². The van der Waals surface area contributed by atoms with Gasteiger partial charge in [-0.05, 0) is 6.04 Å². The molecule has 0 aromatic carbocycles. The highest BCUT2D eigenvalue weighted by Crippen LogP contribution is 2.23. The molecule has 2 atom stereocenters. The van der Waals surface area contributed by atoms with E-state index in [0.29, 0.717) is 0 Å². The fraction of sp³-hybridized carbons (Fsp3) is 1.00. The van der Waals surface area contributed by atoms with E-state index in [4.69, 9.17) is 11.1 Å². The summed E-state index contributed by atoms with van der Waals surface area (Å²) in [7, 11) is -0.869. The fourth-order valence-corrected chi connectivity index (χ4v) is 12.8. The first-order valence-electron chi connectivity index (χ1n) is 3.97. The summed E-state index contributed by atoms with van der Waals surface area (Å²) in [6, 6.07) is 4.51. The summed E-state index contributed by atoms with van der Waals surface area (Å²) in [4.78, 5) is 0. The van der Waals surface area contributed by atoms with Crippen molar-refractivity contribution in [2.24, 2.45) is 0 Å². The van der Waals surface area contributed by atoms with Crippen molar-refractivity contribution >= 4 is 28.0 Å². The first kappa shape index (κ1) is 7.83. The zero-order valence-corrected chi connectivity index (χ0v) is 9.13. The molecule has 54 valence electrons. The van der Waals surface area contributed by atoms with Gasteiger partial charge in [-0.3, -0.25) is 0 Å². The molecule has 0 radical (unpaired) electrons. The van der Waals surface area contributed by atoms with E-state index in [-0.39, 0.29) is 8.80 Å². The van der Waals surface area contributed by atoms with Crippen molar-refractivity contribution < 1.29 is 0 Å². The zero-order chi connectivity index (χ0) is 6.69. The summed E-state index contributed by atoms with van der Waals surface area (Å²) in [5.74, 6) is 0. The van der Waals surface area contributed by atoms with Gasteiger partial charge in [0.1, 0.15) is 8.11 Å². The molecule has 0 aromatic rings. The minimum Gasteiger partial charge on any atom is -0.172 e. The molecule has 1 heterocycles. The van der Waals surface area contributed by atoms with Crippen LogP contribution in [0, 0.1) is 0 Å². The number of hydrogen-bond donors (Lipinski definition) is 0. The van der Waals surface area contributed by atoms with Crippen LogP contribution in [0.25, 0.3) is 0 Å². The molecule has 1 saturated heterocycles. The van der Waals surface area contributed by atoms with Gasteiger partial charge in [0.2, 0.25) is 0 Å².